The van der Waals surface area contributed by atoms with E-state index in [1.807, 2.05) is 37.3 Å². The number of aryl methyl sites for hydroxylation is 1. The van der Waals surface area contributed by atoms with Gasteiger partial charge in [0.15, 0.2) is 0 Å². The maximum atomic E-state index is 13.5. The van der Waals surface area contributed by atoms with Gasteiger partial charge in [0.05, 0.1) is 30.3 Å². The van der Waals surface area contributed by atoms with Crippen LogP contribution in [-0.4, -0.2) is 51.3 Å². The normalized spacial score (nSPS) is 34.5. The molecule has 0 unspecified atom stereocenters. The topological polar surface area (TPSA) is 88.1 Å². The molecule has 1 spiro atoms. The summed E-state index contributed by atoms with van der Waals surface area (Å²) in [5.41, 5.74) is 4.52. The zero-order valence-electron chi connectivity index (χ0n) is 26.3. The lowest BCUT2D eigenvalue weighted by Crippen LogP contribution is -2.49. The molecule has 2 N–H and O–H groups in total. The number of halogens is 1. The molecule has 0 aromatic heterocycles. The molecule has 7 rings (SSSR count). The summed E-state index contributed by atoms with van der Waals surface area (Å²) < 4.78 is 42.4. The predicted molar refractivity (Wildman–Crippen MR) is 178 cm³/mol. The van der Waals surface area contributed by atoms with Crippen LogP contribution in [0.1, 0.15) is 75.0 Å². The van der Waals surface area contributed by atoms with E-state index in [2.05, 4.69) is 27.8 Å². The largest absolute Gasteiger partial charge is 0.490 e. The Morgan fingerprint density at radius 2 is 1.93 bits per heavy atom. The molecule has 0 saturated heterocycles. The van der Waals surface area contributed by atoms with E-state index in [4.69, 9.17) is 21.1 Å². The van der Waals surface area contributed by atoms with Gasteiger partial charge in [-0.3, -0.25) is 0 Å². The second kappa shape index (κ2) is 12.8. The summed E-state index contributed by atoms with van der Waals surface area (Å²) in [5, 5.41) is 11.7. The summed E-state index contributed by atoms with van der Waals surface area (Å²) in [6, 6.07) is 12.6. The number of aliphatic hydroxyl groups excluding tert-OH is 1. The molecule has 2 bridgehead atoms. The van der Waals surface area contributed by atoms with Crippen LogP contribution in [0, 0.1) is 23.7 Å². The van der Waals surface area contributed by atoms with Crippen molar-refractivity contribution in [2.75, 3.05) is 31.3 Å². The molecule has 0 amide bonds. The lowest BCUT2D eigenvalue weighted by atomic mass is 9.68. The quantitative estimate of drug-likeness (QED) is 0.348. The first-order valence-corrected chi connectivity index (χ1v) is 18.9. The lowest BCUT2D eigenvalue weighted by molar-refractivity contribution is 0.0455. The van der Waals surface area contributed by atoms with E-state index >= 15 is 0 Å². The number of hydrogen-bond acceptors (Lipinski definition) is 6. The van der Waals surface area contributed by atoms with Crippen LogP contribution in [0.25, 0.3) is 0 Å². The number of allylic oxidation sites excluding steroid dienone is 1. The number of aliphatic hydroxyl groups is 1. The molecule has 2 heterocycles. The zero-order chi connectivity index (χ0) is 31.2. The summed E-state index contributed by atoms with van der Waals surface area (Å²) >= 11 is 6.43. The van der Waals surface area contributed by atoms with E-state index in [-0.39, 0.29) is 29.9 Å². The molecular formula is C36H47ClN2O5S. The van der Waals surface area contributed by atoms with Gasteiger partial charge < -0.3 is 19.5 Å². The van der Waals surface area contributed by atoms with Gasteiger partial charge in [-0.25, -0.2) is 8.42 Å². The second-order valence-corrected chi connectivity index (χ2v) is 16.7. The Labute approximate surface area is 273 Å². The minimum atomic E-state index is -3.57. The Morgan fingerprint density at radius 1 is 1.07 bits per heavy atom. The van der Waals surface area contributed by atoms with Crippen molar-refractivity contribution in [1.82, 2.24) is 4.72 Å². The Morgan fingerprint density at radius 3 is 2.71 bits per heavy atom. The Balaban J connectivity index is 1.20. The third-order valence-electron chi connectivity index (χ3n) is 11.5. The van der Waals surface area contributed by atoms with Crippen molar-refractivity contribution in [2.45, 2.75) is 88.1 Å². The van der Waals surface area contributed by atoms with E-state index in [1.165, 1.54) is 11.1 Å². The average Bonchev–Trinajstić information content (AvgIpc) is 3.11. The maximum Gasteiger partial charge on any atom is 0.216 e. The summed E-state index contributed by atoms with van der Waals surface area (Å²) in [4.78, 5) is 2.50. The number of hydrogen-bond donors (Lipinski definition) is 2. The first-order valence-electron chi connectivity index (χ1n) is 16.9. The number of nitrogens with zero attached hydrogens (tertiary/aromatic N) is 1. The zero-order valence-corrected chi connectivity index (χ0v) is 27.9. The van der Waals surface area contributed by atoms with Crippen LogP contribution in [0.3, 0.4) is 0 Å². The van der Waals surface area contributed by atoms with Gasteiger partial charge in [0.1, 0.15) is 12.5 Å². The molecule has 7 nitrogen and oxygen atoms in total. The van der Waals surface area contributed by atoms with Gasteiger partial charge in [-0.1, -0.05) is 49.2 Å². The summed E-state index contributed by atoms with van der Waals surface area (Å²) in [7, 11) is -3.57. The molecule has 6 atom stereocenters. The first kappa shape index (κ1) is 31.5. The highest BCUT2D eigenvalue weighted by atomic mass is 35.5. The Bertz CT molecular complexity index is 1530. The van der Waals surface area contributed by atoms with Crippen molar-refractivity contribution < 1.29 is 23.0 Å². The fourth-order valence-corrected chi connectivity index (χ4v) is 10.8. The van der Waals surface area contributed by atoms with E-state index in [9.17, 15) is 13.5 Å². The number of ether oxygens (including phenoxy) is 2. The van der Waals surface area contributed by atoms with E-state index in [0.717, 1.165) is 86.5 Å². The number of fused-ring (bicyclic) bond motifs is 4. The Hall–Kier alpha value is -2.10. The van der Waals surface area contributed by atoms with Crippen LogP contribution >= 0.6 is 11.6 Å². The third-order valence-corrected chi connectivity index (χ3v) is 13.8. The van der Waals surface area contributed by atoms with Crippen molar-refractivity contribution in [2.24, 2.45) is 23.7 Å². The first-order chi connectivity index (χ1) is 21.7. The standard InChI is InChI=1S/C36H47ClN2O5S/c1-24-5-2-9-33(40)30-13-11-28(30)19-39-21-36(16-4-8-27-18-29(37)12-14-31(27)36)22-44-34-15-10-25(17-32(34)39)20-43-23-38-45(41,42)35(24)26-6-3-7-26/h2,9-10,12,14-15,17-18,24,26,28,30,33,35,38,40H,3-8,11,13,16,19-23H2,1H3/b9-2+/t24-,28+,30-,33+,35-,36+/m1/s1. The van der Waals surface area contributed by atoms with Gasteiger partial charge in [-0.05, 0) is 116 Å². The summed E-state index contributed by atoms with van der Waals surface area (Å²) in [6.07, 6.45) is 12.2. The SMILES string of the molecule is C[C@@H]1C/C=C/[C@H](O)[C@@H]2CC[C@H]2CN2C[C@@]3(CCCc4cc(Cl)ccc43)COc3ccc(cc32)COCNS(=O)(=O)[C@H]1C1CCC1. The molecule has 2 saturated carbocycles. The highest BCUT2D eigenvalue weighted by Crippen LogP contribution is 2.47. The van der Waals surface area contributed by atoms with Crippen LogP contribution in [0.4, 0.5) is 5.69 Å². The van der Waals surface area contributed by atoms with Crippen molar-refractivity contribution >= 4 is 27.3 Å². The lowest BCUT2D eigenvalue weighted by Gasteiger charge is -2.45. The minimum absolute atomic E-state index is 0.0519. The summed E-state index contributed by atoms with van der Waals surface area (Å²) in [6.45, 7) is 4.54. The van der Waals surface area contributed by atoms with Crippen LogP contribution in [-0.2, 0) is 33.2 Å². The van der Waals surface area contributed by atoms with Crippen molar-refractivity contribution in [3.8, 4) is 5.75 Å². The minimum Gasteiger partial charge on any atom is -0.490 e. The highest BCUT2D eigenvalue weighted by molar-refractivity contribution is 7.90. The molecule has 3 aliphatic carbocycles. The van der Waals surface area contributed by atoms with Crippen LogP contribution in [0.15, 0.2) is 48.6 Å². The number of rotatable bonds is 1. The monoisotopic (exact) mass is 654 g/mol. The number of sulfonamides is 1. The van der Waals surface area contributed by atoms with Crippen molar-refractivity contribution in [3.05, 3.63) is 70.3 Å². The van der Waals surface area contributed by atoms with Crippen molar-refractivity contribution in [1.29, 1.82) is 0 Å². The second-order valence-electron chi connectivity index (χ2n) is 14.4. The fourth-order valence-electron chi connectivity index (χ4n) is 8.69. The smallest absolute Gasteiger partial charge is 0.216 e. The number of anilines is 1. The van der Waals surface area contributed by atoms with E-state index in [1.54, 1.807) is 0 Å². The molecule has 244 valence electrons. The molecular weight excluding hydrogens is 608 g/mol. The van der Waals surface area contributed by atoms with E-state index in [0.29, 0.717) is 25.6 Å². The van der Waals surface area contributed by atoms with Gasteiger partial charge in [0.25, 0.3) is 0 Å². The van der Waals surface area contributed by atoms with Gasteiger partial charge >= 0.3 is 0 Å². The molecule has 2 aromatic rings. The maximum absolute atomic E-state index is 13.5. The molecule has 2 fully saturated rings. The van der Waals surface area contributed by atoms with Gasteiger partial charge in [0, 0.05) is 23.5 Å². The summed E-state index contributed by atoms with van der Waals surface area (Å²) in [5.74, 6) is 1.51. The van der Waals surface area contributed by atoms with Crippen LogP contribution in [0.2, 0.25) is 5.02 Å². The van der Waals surface area contributed by atoms with E-state index < -0.39 is 21.4 Å². The molecule has 0 radical (unpaired) electrons. The molecule has 45 heavy (non-hydrogen) atoms. The van der Waals surface area contributed by atoms with Crippen LogP contribution < -0.4 is 14.4 Å². The predicted octanol–water partition coefficient (Wildman–Crippen LogP) is 6.36. The number of benzene rings is 2. The fraction of sp³-hybridized carbons (Fsp3) is 0.611. The van der Waals surface area contributed by atoms with Crippen molar-refractivity contribution in [3.63, 3.8) is 0 Å². The third kappa shape index (κ3) is 6.30. The van der Waals surface area contributed by atoms with Gasteiger partial charge in [0.2, 0.25) is 10.0 Å². The molecule has 5 aliphatic rings. The number of nitrogens with one attached hydrogen (secondary N) is 1. The van der Waals surface area contributed by atoms with Crippen LogP contribution in [0.5, 0.6) is 5.75 Å². The molecule has 2 aliphatic heterocycles. The molecule has 2 aromatic carbocycles. The highest BCUT2D eigenvalue weighted by Gasteiger charge is 2.44. The molecule has 9 heteroatoms. The van der Waals surface area contributed by atoms with Gasteiger partial charge in [-0.2, -0.15) is 4.72 Å². The van der Waals surface area contributed by atoms with Gasteiger partial charge in [-0.15, -0.1) is 0 Å². The Kier molecular flexibility index (Phi) is 8.98. The average molecular weight is 655 g/mol.